The molecule has 1 rings (SSSR count). The maximum Gasteiger partial charge on any atom is 0.151 e. The molecule has 2 N–H and O–H groups in total. The maximum atomic E-state index is 11.2. The standard InChI is InChI=1S/C7H13NO3S/c8-3-1-6-5-12(10,11)4-2-7(6)9/h6H,1-5,8H2. The van der Waals surface area contributed by atoms with Gasteiger partial charge in [0.15, 0.2) is 9.84 Å². The number of carbonyl (C=O) groups is 1. The minimum absolute atomic E-state index is 0.00301. The molecule has 1 saturated heterocycles. The number of nitrogens with two attached hydrogens (primary N) is 1. The largest absolute Gasteiger partial charge is 0.330 e. The van der Waals surface area contributed by atoms with E-state index in [1.807, 2.05) is 0 Å². The molecule has 0 spiro atoms. The van der Waals surface area contributed by atoms with Crippen LogP contribution in [0.15, 0.2) is 0 Å². The van der Waals surface area contributed by atoms with Gasteiger partial charge < -0.3 is 5.73 Å². The molecule has 12 heavy (non-hydrogen) atoms. The lowest BCUT2D eigenvalue weighted by Gasteiger charge is -2.19. The van der Waals surface area contributed by atoms with Gasteiger partial charge in [0.25, 0.3) is 0 Å². The highest BCUT2D eigenvalue weighted by molar-refractivity contribution is 7.91. The summed E-state index contributed by atoms with van der Waals surface area (Å²) in [7, 11) is -2.96. The molecule has 1 atom stereocenters. The number of Topliss-reactive ketones (excluding diaryl/α,β-unsaturated/α-hetero) is 1. The number of carbonyl (C=O) groups excluding carboxylic acids is 1. The van der Waals surface area contributed by atoms with Crippen LogP contribution in [0.2, 0.25) is 0 Å². The van der Waals surface area contributed by atoms with E-state index < -0.39 is 9.84 Å². The minimum atomic E-state index is -2.96. The minimum Gasteiger partial charge on any atom is -0.330 e. The second kappa shape index (κ2) is 3.53. The van der Waals surface area contributed by atoms with Crippen molar-refractivity contribution in [1.82, 2.24) is 0 Å². The fourth-order valence-corrected chi connectivity index (χ4v) is 3.03. The Kier molecular flexibility index (Phi) is 2.85. The average Bonchev–Trinajstić information content (AvgIpc) is 1.97. The molecule has 1 aliphatic heterocycles. The number of rotatable bonds is 2. The monoisotopic (exact) mass is 191 g/mol. The Balaban J connectivity index is 2.66. The molecule has 0 aromatic carbocycles. The fraction of sp³-hybridized carbons (Fsp3) is 0.857. The number of hydrogen-bond donors (Lipinski definition) is 1. The van der Waals surface area contributed by atoms with Crippen molar-refractivity contribution in [3.8, 4) is 0 Å². The third-order valence-corrected chi connectivity index (χ3v) is 3.82. The lowest BCUT2D eigenvalue weighted by atomic mass is 10.0. The first-order valence-electron chi connectivity index (χ1n) is 3.98. The molecule has 0 aliphatic carbocycles. The number of ketones is 1. The highest BCUT2D eigenvalue weighted by Crippen LogP contribution is 2.17. The average molecular weight is 191 g/mol. The van der Waals surface area contributed by atoms with Crippen LogP contribution in [0.3, 0.4) is 0 Å². The molecule has 1 heterocycles. The first-order valence-corrected chi connectivity index (χ1v) is 5.80. The van der Waals surface area contributed by atoms with Gasteiger partial charge in [-0.15, -0.1) is 0 Å². The summed E-state index contributed by atoms with van der Waals surface area (Å²) in [6.07, 6.45) is 0.672. The van der Waals surface area contributed by atoms with Crippen molar-refractivity contribution in [1.29, 1.82) is 0 Å². The smallest absolute Gasteiger partial charge is 0.151 e. The molecule has 0 amide bonds. The van der Waals surface area contributed by atoms with Crippen LogP contribution >= 0.6 is 0 Å². The Labute approximate surface area is 72.0 Å². The van der Waals surface area contributed by atoms with Gasteiger partial charge in [-0.25, -0.2) is 8.42 Å². The van der Waals surface area contributed by atoms with Gasteiger partial charge in [0.2, 0.25) is 0 Å². The SMILES string of the molecule is NCCC1CS(=O)(=O)CCC1=O. The van der Waals surface area contributed by atoms with Crippen LogP contribution in [-0.2, 0) is 14.6 Å². The van der Waals surface area contributed by atoms with E-state index in [9.17, 15) is 13.2 Å². The fourth-order valence-electron chi connectivity index (χ4n) is 1.39. The van der Waals surface area contributed by atoms with Crippen LogP contribution in [-0.4, -0.2) is 32.3 Å². The zero-order chi connectivity index (χ0) is 9.19. The van der Waals surface area contributed by atoms with Crippen LogP contribution < -0.4 is 5.73 Å². The van der Waals surface area contributed by atoms with Gasteiger partial charge in [0.1, 0.15) is 5.78 Å². The first kappa shape index (κ1) is 9.67. The maximum absolute atomic E-state index is 11.2. The normalized spacial score (nSPS) is 28.8. The van der Waals surface area contributed by atoms with Crippen molar-refractivity contribution in [2.75, 3.05) is 18.1 Å². The lowest BCUT2D eigenvalue weighted by Crippen LogP contribution is -2.34. The molecule has 0 radical (unpaired) electrons. The van der Waals surface area contributed by atoms with Crippen LogP contribution in [0, 0.1) is 5.92 Å². The van der Waals surface area contributed by atoms with Gasteiger partial charge in [-0.05, 0) is 13.0 Å². The van der Waals surface area contributed by atoms with Gasteiger partial charge in [-0.3, -0.25) is 4.79 Å². The van der Waals surface area contributed by atoms with Gasteiger partial charge in [-0.2, -0.15) is 0 Å². The molecule has 0 aromatic rings. The van der Waals surface area contributed by atoms with E-state index in [1.165, 1.54) is 0 Å². The van der Waals surface area contributed by atoms with Crippen LogP contribution in [0.5, 0.6) is 0 Å². The van der Waals surface area contributed by atoms with Gasteiger partial charge in [0.05, 0.1) is 11.5 Å². The summed E-state index contributed by atoms with van der Waals surface area (Å²) in [5.74, 6) is -0.264. The van der Waals surface area contributed by atoms with Crippen molar-refractivity contribution >= 4 is 15.6 Å². The Morgan fingerprint density at radius 1 is 1.50 bits per heavy atom. The van der Waals surface area contributed by atoms with Crippen molar-refractivity contribution < 1.29 is 13.2 Å². The van der Waals surface area contributed by atoms with E-state index >= 15 is 0 Å². The van der Waals surface area contributed by atoms with E-state index in [1.54, 1.807) is 0 Å². The number of sulfone groups is 1. The molecule has 1 unspecified atom stereocenters. The van der Waals surface area contributed by atoms with Crippen LogP contribution in [0.4, 0.5) is 0 Å². The van der Waals surface area contributed by atoms with Crippen LogP contribution in [0.25, 0.3) is 0 Å². The summed E-state index contributed by atoms with van der Waals surface area (Å²) >= 11 is 0. The van der Waals surface area contributed by atoms with E-state index in [0.717, 1.165) is 0 Å². The Morgan fingerprint density at radius 3 is 2.75 bits per heavy atom. The molecule has 1 fully saturated rings. The molecule has 5 heteroatoms. The Bertz CT molecular complexity index is 270. The molecular weight excluding hydrogens is 178 g/mol. The van der Waals surface area contributed by atoms with Crippen molar-refractivity contribution in [2.45, 2.75) is 12.8 Å². The molecule has 70 valence electrons. The highest BCUT2D eigenvalue weighted by atomic mass is 32.2. The Hall–Kier alpha value is -0.420. The summed E-state index contributed by atoms with van der Waals surface area (Å²) in [5, 5.41) is 0. The predicted octanol–water partition coefficient (Wildman–Crippen LogP) is -0.661. The van der Waals surface area contributed by atoms with Crippen molar-refractivity contribution in [2.24, 2.45) is 11.7 Å². The second-order valence-corrected chi connectivity index (χ2v) is 5.33. The van der Waals surface area contributed by atoms with Crippen LogP contribution in [0.1, 0.15) is 12.8 Å². The lowest BCUT2D eigenvalue weighted by molar-refractivity contribution is -0.122. The third-order valence-electron chi connectivity index (χ3n) is 2.09. The summed E-state index contributed by atoms with van der Waals surface area (Å²) in [5.41, 5.74) is 5.26. The predicted molar refractivity (Wildman–Crippen MR) is 45.4 cm³/mol. The molecule has 0 aromatic heterocycles. The van der Waals surface area contributed by atoms with Gasteiger partial charge in [0, 0.05) is 12.3 Å². The topological polar surface area (TPSA) is 77.2 Å². The highest BCUT2D eigenvalue weighted by Gasteiger charge is 2.30. The second-order valence-electron chi connectivity index (χ2n) is 3.10. The zero-order valence-electron chi connectivity index (χ0n) is 6.82. The van der Waals surface area contributed by atoms with E-state index in [4.69, 9.17) is 5.73 Å². The van der Waals surface area contributed by atoms with Crippen molar-refractivity contribution in [3.05, 3.63) is 0 Å². The molecular formula is C7H13NO3S. The Morgan fingerprint density at radius 2 is 2.17 bits per heavy atom. The summed E-state index contributed by atoms with van der Waals surface area (Å²) in [4.78, 5) is 11.2. The van der Waals surface area contributed by atoms with E-state index in [0.29, 0.717) is 13.0 Å². The number of hydrogen-bond acceptors (Lipinski definition) is 4. The zero-order valence-corrected chi connectivity index (χ0v) is 7.64. The third kappa shape index (κ3) is 2.28. The molecule has 0 saturated carbocycles. The van der Waals surface area contributed by atoms with Gasteiger partial charge >= 0.3 is 0 Å². The molecule has 4 nitrogen and oxygen atoms in total. The van der Waals surface area contributed by atoms with Crippen molar-refractivity contribution in [3.63, 3.8) is 0 Å². The molecule has 0 bridgehead atoms. The molecule has 1 aliphatic rings. The summed E-state index contributed by atoms with van der Waals surface area (Å²) < 4.78 is 22.2. The first-order chi connectivity index (χ1) is 5.55. The van der Waals surface area contributed by atoms with E-state index in [2.05, 4.69) is 0 Å². The summed E-state index contributed by atoms with van der Waals surface area (Å²) in [6.45, 7) is 0.381. The quantitative estimate of drug-likeness (QED) is 0.628. The summed E-state index contributed by atoms with van der Waals surface area (Å²) in [6, 6.07) is 0. The van der Waals surface area contributed by atoms with E-state index in [-0.39, 0.29) is 29.6 Å². The van der Waals surface area contributed by atoms with Gasteiger partial charge in [-0.1, -0.05) is 0 Å².